The van der Waals surface area contributed by atoms with Crippen LogP contribution in [0.1, 0.15) is 13.8 Å². The minimum absolute atomic E-state index is 0.0376. The Labute approximate surface area is 145 Å². The third-order valence-corrected chi connectivity index (χ3v) is 3.23. The highest BCUT2D eigenvalue weighted by atomic mass is 35.5. The molecule has 0 spiro atoms. The Morgan fingerprint density at radius 1 is 1.21 bits per heavy atom. The van der Waals surface area contributed by atoms with Crippen molar-refractivity contribution in [2.45, 2.75) is 25.7 Å². The van der Waals surface area contributed by atoms with Gasteiger partial charge in [-0.3, -0.25) is 0 Å². The van der Waals surface area contributed by atoms with Crippen LogP contribution in [-0.4, -0.2) is 35.1 Å². The van der Waals surface area contributed by atoms with E-state index in [0.717, 1.165) is 0 Å². The van der Waals surface area contributed by atoms with Crippen LogP contribution in [0.25, 0.3) is 0 Å². The maximum atomic E-state index is 5.61. The molecule has 1 fully saturated rings. The number of halogens is 1. The van der Waals surface area contributed by atoms with Crippen LogP contribution in [0.2, 0.25) is 5.02 Å². The number of rotatable bonds is 3. The second kappa shape index (κ2) is 8.14. The van der Waals surface area contributed by atoms with Crippen LogP contribution in [-0.2, 0) is 9.47 Å². The predicted molar refractivity (Wildman–Crippen MR) is 92.7 cm³/mol. The Bertz CT molecular complexity index is 652. The Morgan fingerprint density at radius 2 is 1.88 bits per heavy atom. The minimum atomic E-state index is -0.509. The van der Waals surface area contributed by atoms with Gasteiger partial charge in [0.25, 0.3) is 0 Å². The molecule has 0 amide bonds. The maximum Gasteiger partial charge on any atom is 0.163 e. The summed E-state index contributed by atoms with van der Waals surface area (Å²) in [4.78, 5) is 7.62. The second-order valence-electron chi connectivity index (χ2n) is 5.58. The average molecular weight is 353 g/mol. The summed E-state index contributed by atoms with van der Waals surface area (Å²) in [6.45, 7) is 4.77. The molecule has 8 heteroatoms. The number of nitrogens with zero attached hydrogens (tertiary/aromatic N) is 2. The van der Waals surface area contributed by atoms with Crippen LogP contribution in [0.4, 0.5) is 11.6 Å². The van der Waals surface area contributed by atoms with Crippen molar-refractivity contribution in [1.29, 1.82) is 0 Å². The van der Waals surface area contributed by atoms with E-state index < -0.39 is 5.79 Å². The molecule has 1 unspecified atom stereocenters. The molecular weight excluding hydrogens is 332 g/mol. The summed E-state index contributed by atoms with van der Waals surface area (Å²) >= 11 is 5.52. The molecular formula is C16H21ClN4O3. The molecule has 1 saturated heterocycles. The normalized spacial score (nSPS) is 18.5. The number of aromatic nitrogens is 2. The van der Waals surface area contributed by atoms with Gasteiger partial charge in [0.2, 0.25) is 0 Å². The van der Waals surface area contributed by atoms with Gasteiger partial charge in [0.15, 0.2) is 5.79 Å². The highest BCUT2D eigenvalue weighted by molar-refractivity contribution is 6.30. The molecule has 0 bridgehead atoms. The van der Waals surface area contributed by atoms with E-state index in [1.807, 2.05) is 13.8 Å². The van der Waals surface area contributed by atoms with Gasteiger partial charge in [0.1, 0.15) is 30.1 Å². The molecule has 1 aliphatic heterocycles. The van der Waals surface area contributed by atoms with E-state index in [4.69, 9.17) is 37.3 Å². The van der Waals surface area contributed by atoms with E-state index in [0.29, 0.717) is 35.6 Å². The zero-order chi connectivity index (χ0) is 17.6. The summed E-state index contributed by atoms with van der Waals surface area (Å²) in [5.74, 6) is 1.09. The summed E-state index contributed by atoms with van der Waals surface area (Å²) in [7, 11) is 0. The first-order valence-corrected chi connectivity index (χ1v) is 7.75. The highest BCUT2D eigenvalue weighted by Crippen LogP contribution is 2.23. The van der Waals surface area contributed by atoms with Crippen LogP contribution < -0.4 is 16.2 Å². The lowest BCUT2D eigenvalue weighted by Gasteiger charge is -2.17. The first-order valence-electron chi connectivity index (χ1n) is 7.37. The molecule has 0 radical (unpaired) electrons. The Hall–Kier alpha value is -2.09. The number of ether oxygens (including phenoxy) is 3. The molecule has 4 N–H and O–H groups in total. The van der Waals surface area contributed by atoms with Gasteiger partial charge in [-0.05, 0) is 32.0 Å². The number of nitrogen functional groups attached to an aromatic ring is 2. The standard InChI is InChI=1S/C11H16N2O3.C5H5ClN2/c1-11(2)15-7-9(16-11)6-14-8-3-4-13-10(12)5-8;6-4-1-2-8-5(7)3-4/h3-5,9H,6-7H2,1-2H3,(H2,12,13);1-3H,(H2,7,8). The quantitative estimate of drug-likeness (QED) is 0.874. The Balaban J connectivity index is 0.000000219. The lowest BCUT2D eigenvalue weighted by molar-refractivity contribution is -0.141. The van der Waals surface area contributed by atoms with Crippen molar-refractivity contribution in [3.8, 4) is 5.75 Å². The molecule has 1 atom stereocenters. The van der Waals surface area contributed by atoms with E-state index in [9.17, 15) is 0 Å². The van der Waals surface area contributed by atoms with Crippen molar-refractivity contribution in [3.05, 3.63) is 41.7 Å². The van der Waals surface area contributed by atoms with Crippen LogP contribution in [0, 0.1) is 0 Å². The monoisotopic (exact) mass is 352 g/mol. The van der Waals surface area contributed by atoms with Crippen LogP contribution in [0.3, 0.4) is 0 Å². The summed E-state index contributed by atoms with van der Waals surface area (Å²) < 4.78 is 16.6. The average Bonchev–Trinajstić information content (AvgIpc) is 2.85. The van der Waals surface area contributed by atoms with Gasteiger partial charge in [0, 0.05) is 23.5 Å². The SMILES string of the molecule is CC1(C)OCC(COc2ccnc(N)c2)O1.Nc1cc(Cl)ccn1. The van der Waals surface area contributed by atoms with E-state index in [1.165, 1.54) is 0 Å². The number of hydrogen-bond acceptors (Lipinski definition) is 7. The largest absolute Gasteiger partial charge is 0.491 e. The van der Waals surface area contributed by atoms with Crippen molar-refractivity contribution in [1.82, 2.24) is 9.97 Å². The summed E-state index contributed by atoms with van der Waals surface area (Å²) in [6.07, 6.45) is 3.14. The molecule has 3 rings (SSSR count). The van der Waals surface area contributed by atoms with Crippen molar-refractivity contribution < 1.29 is 14.2 Å². The van der Waals surface area contributed by atoms with Gasteiger partial charge in [-0.2, -0.15) is 0 Å². The van der Waals surface area contributed by atoms with Crippen LogP contribution >= 0.6 is 11.6 Å². The number of anilines is 2. The zero-order valence-corrected chi connectivity index (χ0v) is 14.4. The third kappa shape index (κ3) is 6.19. The summed E-state index contributed by atoms with van der Waals surface area (Å²) in [5.41, 5.74) is 10.8. The second-order valence-corrected chi connectivity index (χ2v) is 6.01. The van der Waals surface area contributed by atoms with Crippen molar-refractivity contribution in [3.63, 3.8) is 0 Å². The highest BCUT2D eigenvalue weighted by Gasteiger charge is 2.32. The summed E-state index contributed by atoms with van der Waals surface area (Å²) in [5, 5.41) is 0.623. The van der Waals surface area contributed by atoms with E-state index in [1.54, 1.807) is 36.7 Å². The van der Waals surface area contributed by atoms with E-state index in [-0.39, 0.29) is 6.10 Å². The molecule has 0 saturated carbocycles. The number of nitrogens with two attached hydrogens (primary N) is 2. The Morgan fingerprint density at radius 3 is 2.38 bits per heavy atom. The first kappa shape index (κ1) is 18.3. The van der Waals surface area contributed by atoms with Crippen molar-refractivity contribution >= 4 is 23.2 Å². The smallest absolute Gasteiger partial charge is 0.163 e. The fourth-order valence-corrected chi connectivity index (χ4v) is 2.14. The summed E-state index contributed by atoms with van der Waals surface area (Å²) in [6, 6.07) is 6.72. The minimum Gasteiger partial charge on any atom is -0.491 e. The molecule has 3 heterocycles. The predicted octanol–water partition coefficient (Wildman–Crippen LogP) is 2.51. The molecule has 24 heavy (non-hydrogen) atoms. The maximum absolute atomic E-state index is 5.61. The first-order chi connectivity index (χ1) is 11.3. The van der Waals surface area contributed by atoms with E-state index >= 15 is 0 Å². The van der Waals surface area contributed by atoms with Gasteiger partial charge in [-0.1, -0.05) is 11.6 Å². The molecule has 0 aromatic carbocycles. The zero-order valence-electron chi connectivity index (χ0n) is 13.6. The fourth-order valence-electron chi connectivity index (χ4n) is 1.97. The third-order valence-electron chi connectivity index (χ3n) is 3.00. The van der Waals surface area contributed by atoms with Gasteiger partial charge in [-0.25, -0.2) is 9.97 Å². The van der Waals surface area contributed by atoms with Gasteiger partial charge >= 0.3 is 0 Å². The van der Waals surface area contributed by atoms with Gasteiger partial charge < -0.3 is 25.7 Å². The lowest BCUT2D eigenvalue weighted by atomic mass is 10.4. The van der Waals surface area contributed by atoms with E-state index in [2.05, 4.69) is 9.97 Å². The van der Waals surface area contributed by atoms with Crippen molar-refractivity contribution in [2.24, 2.45) is 0 Å². The van der Waals surface area contributed by atoms with Crippen LogP contribution in [0.5, 0.6) is 5.75 Å². The fraction of sp³-hybridized carbons (Fsp3) is 0.375. The number of pyridine rings is 2. The number of hydrogen-bond donors (Lipinski definition) is 2. The molecule has 1 aliphatic rings. The lowest BCUT2D eigenvalue weighted by Crippen LogP contribution is -2.25. The van der Waals surface area contributed by atoms with Crippen molar-refractivity contribution in [2.75, 3.05) is 24.7 Å². The molecule has 2 aromatic rings. The molecule has 2 aromatic heterocycles. The van der Waals surface area contributed by atoms with Gasteiger partial charge in [-0.15, -0.1) is 0 Å². The molecule has 0 aliphatic carbocycles. The van der Waals surface area contributed by atoms with Gasteiger partial charge in [0.05, 0.1) is 6.61 Å². The molecule has 130 valence electrons. The molecule has 7 nitrogen and oxygen atoms in total. The Kier molecular flexibility index (Phi) is 6.19. The van der Waals surface area contributed by atoms with Crippen LogP contribution in [0.15, 0.2) is 36.7 Å². The topological polar surface area (TPSA) is 106 Å².